The summed E-state index contributed by atoms with van der Waals surface area (Å²) in [6.07, 6.45) is 17.4. The molecule has 138 heavy (non-hydrogen) atoms. The van der Waals surface area contributed by atoms with Gasteiger partial charge in [0, 0.05) is 150 Å². The molecular weight excluding hydrogens is 2220 g/mol. The average molecular weight is 2340 g/mol. The maximum Gasteiger partial charge on any atom is 0.135 e. The van der Waals surface area contributed by atoms with Crippen LogP contribution in [-0.4, -0.2) is 57.3 Å². The van der Waals surface area contributed by atoms with Gasteiger partial charge in [-0.2, -0.15) is 72.8 Å². The quantitative estimate of drug-likeness (QED) is 0.0792. The minimum Gasteiger partial charge on any atom is -0.340 e. The van der Waals surface area contributed by atoms with Crippen LogP contribution in [0, 0.1) is 36.4 Å². The van der Waals surface area contributed by atoms with Crippen molar-refractivity contribution in [3.8, 4) is 68.7 Å². The van der Waals surface area contributed by atoms with E-state index < -0.39 is 0 Å². The summed E-state index contributed by atoms with van der Waals surface area (Å²) in [7, 11) is 0. The molecule has 0 atom stereocenters. The molecule has 0 saturated heterocycles. The number of benzene rings is 12. The number of imidazole rings is 3. The van der Waals surface area contributed by atoms with Crippen LogP contribution in [0.1, 0.15) is 228 Å². The van der Waals surface area contributed by atoms with Crippen molar-refractivity contribution in [3.63, 3.8) is 0 Å². The third-order valence-corrected chi connectivity index (χ3v) is 25.0. The monoisotopic (exact) mass is 2340 g/mol. The number of hydrogen-bond acceptors (Lipinski definition) is 6. The third-order valence-electron chi connectivity index (χ3n) is 25.0. The molecule has 0 unspecified atom stereocenters. The van der Waals surface area contributed by atoms with E-state index in [-0.39, 0.29) is 60.3 Å². The van der Waals surface area contributed by atoms with Gasteiger partial charge in [-0.25, -0.2) is 15.0 Å². The van der Waals surface area contributed by atoms with Gasteiger partial charge in [0.05, 0.1) is 17.5 Å². The zero-order valence-electron chi connectivity index (χ0n) is 82.0. The van der Waals surface area contributed by atoms with Gasteiger partial charge in [0.15, 0.2) is 0 Å². The van der Waals surface area contributed by atoms with Crippen molar-refractivity contribution in [1.82, 2.24) is 57.3 Å². The molecule has 9 heterocycles. The van der Waals surface area contributed by atoms with Gasteiger partial charge in [0.2, 0.25) is 0 Å². The minimum atomic E-state index is 0. The molecule has 0 bridgehead atoms. The summed E-state index contributed by atoms with van der Waals surface area (Å²) >= 11 is 0. The summed E-state index contributed by atoms with van der Waals surface area (Å²) < 4.78 is 13.3. The first kappa shape index (κ1) is 102. The average Bonchev–Trinajstić information content (AvgIpc) is 1.60. The molecule has 9 aromatic heterocycles. The Morgan fingerprint density at radius 2 is 0.500 bits per heavy atom. The summed E-state index contributed by atoms with van der Waals surface area (Å²) in [6, 6.07) is 121. The molecule has 0 N–H and O–H groups in total. The molecule has 12 nitrogen and oxygen atoms in total. The van der Waals surface area contributed by atoms with Gasteiger partial charge < -0.3 is 27.4 Å². The number of para-hydroxylation sites is 8. The summed E-state index contributed by atoms with van der Waals surface area (Å²) in [5, 5.41) is 7.41. The van der Waals surface area contributed by atoms with Gasteiger partial charge in [-0.1, -0.05) is 250 Å². The molecule has 0 saturated carbocycles. The predicted molar refractivity (Wildman–Crippen MR) is 563 cm³/mol. The first-order valence-corrected chi connectivity index (χ1v) is 47.5. The van der Waals surface area contributed by atoms with Gasteiger partial charge in [0.25, 0.3) is 0 Å². The molecule has 0 amide bonds. The van der Waals surface area contributed by atoms with Crippen molar-refractivity contribution in [2.24, 2.45) is 0 Å². The van der Waals surface area contributed by atoms with E-state index in [1.165, 1.54) is 116 Å². The Labute approximate surface area is 855 Å². The van der Waals surface area contributed by atoms with E-state index in [0.29, 0.717) is 53.3 Å². The van der Waals surface area contributed by atoms with Gasteiger partial charge in [-0.15, -0.1) is 124 Å². The standard InChI is InChI=1S/C23H23N2.3C21H23N2.C20H17N2.C17H11N2.3Ir/c1-15(2)17-9-10-22-20(13-17)19-7-5-6-8-21(19)25(22)23-14-18(16(3)4)11-12-24-23;3*1-15(2)18-11-8-12-19(16(3)4)20(18)23-14-13-22-21(23)17-9-6-5-7-10-17;1-14(2)15-11-12-21-20(13-15)22-18-9-5-3-7-16(18)17-8-4-6-10-19(17)22;1-3-9-15-13(7-1)14-8-2-4-10-16(14)19(15)17-11-5-6-12-18-17;;;/h5-7,9-16H,1-4H3;3*5-9,11-16H,1-4H3;3-9,11-14H,1-2H3;1-9,11-12H;;;/q6*-1;;;. The van der Waals surface area contributed by atoms with Crippen LogP contribution in [0.2, 0.25) is 0 Å². The molecule has 0 aliphatic carbocycles. The second-order valence-corrected chi connectivity index (χ2v) is 37.1. The fourth-order valence-corrected chi connectivity index (χ4v) is 18.0. The van der Waals surface area contributed by atoms with Crippen molar-refractivity contribution in [1.29, 1.82) is 0 Å². The van der Waals surface area contributed by atoms with Crippen LogP contribution >= 0.6 is 0 Å². The van der Waals surface area contributed by atoms with E-state index >= 15 is 0 Å². The van der Waals surface area contributed by atoms with E-state index in [1.807, 2.05) is 140 Å². The molecule has 0 fully saturated rings. The number of aromatic nitrogens is 12. The summed E-state index contributed by atoms with van der Waals surface area (Å²) in [6.45, 7) is 40.2. The molecular formula is C123H120Ir3N12-6. The minimum absolute atomic E-state index is 0. The first-order chi connectivity index (χ1) is 65.5. The Balaban J connectivity index is 0.000000139. The Bertz CT molecular complexity index is 7040. The third kappa shape index (κ3) is 22.3. The Morgan fingerprint density at radius 1 is 0.210 bits per heavy atom. The number of hydrogen-bond donors (Lipinski definition) is 0. The molecule has 12 aromatic carbocycles. The summed E-state index contributed by atoms with van der Waals surface area (Å²) in [5.74, 6) is 9.90. The van der Waals surface area contributed by atoms with Crippen LogP contribution < -0.4 is 0 Å². The molecule has 15 heteroatoms. The van der Waals surface area contributed by atoms with Crippen LogP contribution in [0.4, 0.5) is 0 Å². The van der Waals surface area contributed by atoms with Gasteiger partial charge >= 0.3 is 0 Å². The van der Waals surface area contributed by atoms with Crippen molar-refractivity contribution in [2.75, 3.05) is 0 Å². The van der Waals surface area contributed by atoms with Crippen molar-refractivity contribution >= 4 is 65.4 Å². The second-order valence-electron chi connectivity index (χ2n) is 37.1. The van der Waals surface area contributed by atoms with Gasteiger partial charge in [0.1, 0.15) is 17.5 Å². The number of fused-ring (bicyclic) bond motifs is 9. The van der Waals surface area contributed by atoms with Crippen molar-refractivity contribution in [3.05, 3.63) is 433 Å². The van der Waals surface area contributed by atoms with Gasteiger partial charge in [-0.05, 0) is 174 Å². The van der Waals surface area contributed by atoms with Crippen LogP contribution in [0.15, 0.2) is 347 Å². The number of pyridine rings is 3. The van der Waals surface area contributed by atoms with E-state index in [1.54, 1.807) is 0 Å². The second kappa shape index (κ2) is 46.9. The van der Waals surface area contributed by atoms with Crippen molar-refractivity contribution < 1.29 is 60.3 Å². The molecule has 21 aromatic rings. The molecule has 0 aliphatic heterocycles. The fourth-order valence-electron chi connectivity index (χ4n) is 18.0. The Morgan fingerprint density at radius 3 is 0.819 bits per heavy atom. The van der Waals surface area contributed by atoms with Crippen molar-refractivity contribution in [2.45, 2.75) is 178 Å². The van der Waals surface area contributed by atoms with E-state index in [9.17, 15) is 0 Å². The first-order valence-electron chi connectivity index (χ1n) is 47.5. The Hall–Kier alpha value is -12.9. The normalized spacial score (nSPS) is 11.2. The van der Waals surface area contributed by atoms with E-state index in [2.05, 4.69) is 425 Å². The molecule has 3 radical (unpaired) electrons. The van der Waals surface area contributed by atoms with Crippen LogP contribution in [0.3, 0.4) is 0 Å². The smallest absolute Gasteiger partial charge is 0.135 e. The number of rotatable bonds is 18. The zero-order valence-corrected chi connectivity index (χ0v) is 89.2. The number of nitrogens with zero attached hydrogens (tertiary/aromatic N) is 12. The summed E-state index contributed by atoms with van der Waals surface area (Å²) in [4.78, 5) is 27.5. The topological polar surface area (TPSA) is 107 Å². The summed E-state index contributed by atoms with van der Waals surface area (Å²) in [5.41, 5.74) is 25.7. The van der Waals surface area contributed by atoms with Crippen LogP contribution in [0.5, 0.6) is 0 Å². The maximum atomic E-state index is 4.67. The van der Waals surface area contributed by atoms with E-state index in [0.717, 1.165) is 68.2 Å². The fraction of sp³-hybridized carbons (Fsp3) is 0.220. The largest absolute Gasteiger partial charge is 0.340 e. The Kier molecular flexibility index (Phi) is 34.9. The molecule has 705 valence electrons. The maximum absolute atomic E-state index is 4.67. The SMILES string of the molecule is CC(C)c1cccc(C(C)C)c1-n1ccnc1-c1[c-]cccc1.CC(C)c1cccc(C(C)C)c1-n1ccnc1-c1[c-]cccc1.CC(C)c1cccc(C(C)C)c1-n1ccnc1-c1[c-]cccc1.CC(C)c1ccnc(-n2c3[c-]cccc3c3cc(C(C)C)ccc32)c1.CC(C)c1ccnc(-n2c3[c-]cccc3c3ccccc32)c1.[Ir].[Ir].[Ir].[c-]1cccc2c3ccccc3n(-c3ccccn3)c12. The van der Waals surface area contributed by atoms with E-state index in [4.69, 9.17) is 0 Å². The molecule has 0 spiro atoms. The zero-order chi connectivity index (χ0) is 94.5. The van der Waals surface area contributed by atoms with Gasteiger partial charge in [-0.3, -0.25) is 15.0 Å². The molecule has 0 aliphatic rings. The molecule has 21 rings (SSSR count). The van der Waals surface area contributed by atoms with Crippen LogP contribution in [0.25, 0.3) is 134 Å². The van der Waals surface area contributed by atoms with Crippen LogP contribution in [-0.2, 0) is 60.3 Å². The predicted octanol–water partition coefficient (Wildman–Crippen LogP) is 32.1.